The van der Waals surface area contributed by atoms with E-state index in [0.29, 0.717) is 35.0 Å². The maximum Gasteiger partial charge on any atom is 0.416 e. The molecule has 5 rings (SSSR count). The van der Waals surface area contributed by atoms with Crippen LogP contribution in [0.15, 0.2) is 67.3 Å². The molecule has 3 heterocycles. The average molecular weight is 579 g/mol. The Labute approximate surface area is 238 Å². The summed E-state index contributed by atoms with van der Waals surface area (Å²) in [6.45, 7) is 4.17. The van der Waals surface area contributed by atoms with Crippen LogP contribution in [-0.2, 0) is 17.5 Å². The molecule has 0 bridgehead atoms. The number of nitrogens with one attached hydrogen (secondary N) is 3. The molecule has 0 atom stereocenters. The first-order chi connectivity index (χ1) is 19.5. The molecule has 0 spiro atoms. The van der Waals surface area contributed by atoms with Crippen molar-refractivity contribution in [3.05, 3.63) is 101 Å². The number of rotatable bonds is 7. The molecule has 0 aliphatic carbocycles. The van der Waals surface area contributed by atoms with Gasteiger partial charge in [-0.05, 0) is 67.4 Å². The highest BCUT2D eigenvalue weighted by Crippen LogP contribution is 2.32. The van der Waals surface area contributed by atoms with Gasteiger partial charge < -0.3 is 24.9 Å². The standard InChI is InChI=1S/C29H25F3N6O2S/c1-16-4-5-22(8-20(16)12-33-23-7-18-10-25(28(39)40-3)37-26(18)34-13-23)36-27(41)19-6-21(29(30,31)32)11-24(9-19)38-14-17(2)35-15-38/h4-11,13-15,33H,12H2,1-3H3,(H,34,37)(H,36,41). The van der Waals surface area contributed by atoms with Crippen molar-refractivity contribution in [3.8, 4) is 5.69 Å². The van der Waals surface area contributed by atoms with Crippen LogP contribution in [0.5, 0.6) is 0 Å². The van der Waals surface area contributed by atoms with E-state index in [9.17, 15) is 18.0 Å². The van der Waals surface area contributed by atoms with Gasteiger partial charge in [-0.2, -0.15) is 13.2 Å². The minimum absolute atomic E-state index is 0.153. The van der Waals surface area contributed by atoms with Gasteiger partial charge in [-0.15, -0.1) is 0 Å². The number of imidazole rings is 1. The number of nitrogens with zero attached hydrogens (tertiary/aromatic N) is 3. The fourth-order valence-electron chi connectivity index (χ4n) is 4.29. The van der Waals surface area contributed by atoms with E-state index in [0.717, 1.165) is 34.3 Å². The Hall–Kier alpha value is -4.71. The molecule has 8 nitrogen and oxygen atoms in total. The molecular formula is C29H25F3N6O2S. The van der Waals surface area contributed by atoms with Gasteiger partial charge in [0.15, 0.2) is 0 Å². The van der Waals surface area contributed by atoms with Gasteiger partial charge in [0, 0.05) is 35.1 Å². The molecule has 12 heteroatoms. The van der Waals surface area contributed by atoms with Crippen molar-refractivity contribution in [2.45, 2.75) is 26.6 Å². The van der Waals surface area contributed by atoms with Crippen LogP contribution in [-0.4, -0.2) is 37.6 Å². The van der Waals surface area contributed by atoms with Crippen LogP contribution in [0.25, 0.3) is 16.7 Å². The van der Waals surface area contributed by atoms with Gasteiger partial charge in [0.05, 0.1) is 36.6 Å². The number of thiocarbonyl (C=S) groups is 1. The molecule has 0 unspecified atom stereocenters. The van der Waals surface area contributed by atoms with Crippen LogP contribution in [0.3, 0.4) is 0 Å². The zero-order chi connectivity index (χ0) is 29.3. The quantitative estimate of drug-likeness (QED) is 0.148. The number of ether oxygens (including phenoxy) is 1. The van der Waals surface area contributed by atoms with Crippen molar-refractivity contribution in [1.29, 1.82) is 0 Å². The maximum atomic E-state index is 13.7. The van der Waals surface area contributed by atoms with Gasteiger partial charge >= 0.3 is 12.1 Å². The highest BCUT2D eigenvalue weighted by atomic mass is 32.1. The number of hydrogen-bond acceptors (Lipinski definition) is 6. The Morgan fingerprint density at radius 2 is 1.88 bits per heavy atom. The van der Waals surface area contributed by atoms with Gasteiger partial charge in [0.2, 0.25) is 0 Å². The van der Waals surface area contributed by atoms with Crippen molar-refractivity contribution in [2.75, 3.05) is 17.7 Å². The topological polar surface area (TPSA) is 96.9 Å². The lowest BCUT2D eigenvalue weighted by Crippen LogP contribution is -2.14. The molecule has 210 valence electrons. The highest BCUT2D eigenvalue weighted by molar-refractivity contribution is 7.81. The normalized spacial score (nSPS) is 11.5. The van der Waals surface area contributed by atoms with E-state index in [4.69, 9.17) is 17.0 Å². The summed E-state index contributed by atoms with van der Waals surface area (Å²) in [6, 6.07) is 12.9. The van der Waals surface area contributed by atoms with Crippen LogP contribution >= 0.6 is 12.2 Å². The van der Waals surface area contributed by atoms with E-state index >= 15 is 0 Å². The number of carbonyl (C=O) groups is 1. The molecule has 3 N–H and O–H groups in total. The van der Waals surface area contributed by atoms with Crippen LogP contribution in [0, 0.1) is 13.8 Å². The second-order valence-corrected chi connectivity index (χ2v) is 9.88. The van der Waals surface area contributed by atoms with Gasteiger partial charge in [0.25, 0.3) is 0 Å². The van der Waals surface area contributed by atoms with E-state index in [-0.39, 0.29) is 10.6 Å². The third kappa shape index (κ3) is 6.22. The number of aromatic amines is 1. The van der Waals surface area contributed by atoms with E-state index in [2.05, 4.69) is 25.6 Å². The van der Waals surface area contributed by atoms with Crippen molar-refractivity contribution in [3.63, 3.8) is 0 Å². The van der Waals surface area contributed by atoms with E-state index in [1.54, 1.807) is 31.5 Å². The second kappa shape index (κ2) is 11.0. The minimum Gasteiger partial charge on any atom is -0.464 e. The summed E-state index contributed by atoms with van der Waals surface area (Å²) in [4.78, 5) is 23.3. The molecule has 0 amide bonds. The molecule has 2 aromatic carbocycles. The fourth-order valence-corrected chi connectivity index (χ4v) is 4.53. The van der Waals surface area contributed by atoms with Crippen molar-refractivity contribution in [2.24, 2.45) is 0 Å². The van der Waals surface area contributed by atoms with Gasteiger partial charge in [-0.3, -0.25) is 0 Å². The molecule has 5 aromatic rings. The third-order valence-electron chi connectivity index (χ3n) is 6.48. The first-order valence-electron chi connectivity index (χ1n) is 12.5. The van der Waals surface area contributed by atoms with E-state index in [1.807, 2.05) is 31.2 Å². The van der Waals surface area contributed by atoms with Crippen LogP contribution in [0.4, 0.5) is 24.5 Å². The predicted molar refractivity (Wildman–Crippen MR) is 155 cm³/mol. The summed E-state index contributed by atoms with van der Waals surface area (Å²) < 4.78 is 47.4. The average Bonchev–Trinajstić information content (AvgIpc) is 3.58. The number of hydrogen-bond donors (Lipinski definition) is 3. The molecule has 0 aliphatic rings. The SMILES string of the molecule is COC(=O)c1cc2cc(NCc3cc(NC(=S)c4cc(-n5cnc(C)c5)cc(C(F)(F)F)c4)ccc3C)cnc2[nH]1. The largest absolute Gasteiger partial charge is 0.464 e. The molecular weight excluding hydrogens is 553 g/mol. The fraction of sp³-hybridized carbons (Fsp3) is 0.172. The third-order valence-corrected chi connectivity index (χ3v) is 6.82. The highest BCUT2D eigenvalue weighted by Gasteiger charge is 2.31. The van der Waals surface area contributed by atoms with Crippen molar-refractivity contribution in [1.82, 2.24) is 19.5 Å². The Kier molecular flexibility index (Phi) is 7.50. The Morgan fingerprint density at radius 1 is 1.07 bits per heavy atom. The van der Waals surface area contributed by atoms with Crippen molar-refractivity contribution < 1.29 is 22.7 Å². The lowest BCUT2D eigenvalue weighted by Gasteiger charge is -2.16. The Morgan fingerprint density at radius 3 is 2.59 bits per heavy atom. The number of methoxy groups -OCH3 is 1. The molecule has 0 aliphatic heterocycles. The van der Waals surface area contributed by atoms with Gasteiger partial charge in [-0.1, -0.05) is 18.3 Å². The van der Waals surface area contributed by atoms with Crippen LogP contribution in [0.2, 0.25) is 0 Å². The lowest BCUT2D eigenvalue weighted by molar-refractivity contribution is -0.137. The number of halogens is 3. The number of pyridine rings is 1. The summed E-state index contributed by atoms with van der Waals surface area (Å²) >= 11 is 5.53. The summed E-state index contributed by atoms with van der Waals surface area (Å²) in [5.41, 5.74) is 4.62. The van der Waals surface area contributed by atoms with Crippen LogP contribution < -0.4 is 10.6 Å². The second-order valence-electron chi connectivity index (χ2n) is 9.47. The number of alkyl halides is 3. The summed E-state index contributed by atoms with van der Waals surface area (Å²) in [5.74, 6) is -0.478. The molecule has 0 fully saturated rings. The number of aryl methyl sites for hydroxylation is 2. The number of H-pyrrole nitrogens is 1. The predicted octanol–water partition coefficient (Wildman–Crippen LogP) is 6.57. The Bertz CT molecular complexity index is 1780. The first kappa shape index (κ1) is 27.8. The number of benzene rings is 2. The lowest BCUT2D eigenvalue weighted by atomic mass is 10.1. The maximum absolute atomic E-state index is 13.7. The molecule has 0 radical (unpaired) electrons. The smallest absolute Gasteiger partial charge is 0.416 e. The number of carbonyl (C=O) groups excluding carboxylic acids is 1. The van der Waals surface area contributed by atoms with Crippen LogP contribution in [0.1, 0.15) is 38.4 Å². The summed E-state index contributed by atoms with van der Waals surface area (Å²) in [5, 5.41) is 7.15. The number of anilines is 2. The molecule has 41 heavy (non-hydrogen) atoms. The molecule has 3 aromatic heterocycles. The first-order valence-corrected chi connectivity index (χ1v) is 12.9. The minimum atomic E-state index is -4.54. The summed E-state index contributed by atoms with van der Waals surface area (Å²) in [6.07, 6.45) is 0.222. The monoisotopic (exact) mass is 578 g/mol. The van der Waals surface area contributed by atoms with Gasteiger partial charge in [-0.25, -0.2) is 14.8 Å². The zero-order valence-electron chi connectivity index (χ0n) is 22.3. The van der Waals surface area contributed by atoms with Crippen molar-refractivity contribution >= 4 is 45.6 Å². The summed E-state index contributed by atoms with van der Waals surface area (Å²) in [7, 11) is 1.31. The number of esters is 1. The Balaban J connectivity index is 1.34. The molecule has 0 saturated carbocycles. The zero-order valence-corrected chi connectivity index (χ0v) is 23.1. The number of aromatic nitrogens is 4. The van der Waals surface area contributed by atoms with Gasteiger partial charge in [0.1, 0.15) is 16.3 Å². The van der Waals surface area contributed by atoms with E-state index < -0.39 is 17.7 Å². The molecule has 0 saturated heterocycles. The van der Waals surface area contributed by atoms with E-state index in [1.165, 1.54) is 18.0 Å². The number of fused-ring (bicyclic) bond motifs is 1.